The van der Waals surface area contributed by atoms with Crippen LogP contribution in [0.4, 0.5) is 5.69 Å². The molecule has 2 aromatic rings. The van der Waals surface area contributed by atoms with Crippen LogP contribution in [0.2, 0.25) is 0 Å². The quantitative estimate of drug-likeness (QED) is 0.862. The summed E-state index contributed by atoms with van der Waals surface area (Å²) in [7, 11) is 1.67. The molecule has 0 saturated heterocycles. The van der Waals surface area contributed by atoms with Crippen LogP contribution in [0.1, 0.15) is 19.4 Å². The van der Waals surface area contributed by atoms with Crippen molar-refractivity contribution in [3.63, 3.8) is 0 Å². The number of amides is 2. The second kappa shape index (κ2) is 7.05. The third-order valence-corrected chi connectivity index (χ3v) is 3.73. The van der Waals surface area contributed by atoms with Crippen molar-refractivity contribution >= 4 is 17.5 Å². The minimum Gasteiger partial charge on any atom is -0.351 e. The first-order valence-electron chi connectivity index (χ1n) is 7.43. The third kappa shape index (κ3) is 3.94. The topological polar surface area (TPSA) is 62.3 Å². The summed E-state index contributed by atoms with van der Waals surface area (Å²) in [6.07, 6.45) is 3.36. The molecule has 0 radical (unpaired) electrons. The van der Waals surface area contributed by atoms with Gasteiger partial charge in [0.1, 0.15) is 5.41 Å². The van der Waals surface area contributed by atoms with Gasteiger partial charge >= 0.3 is 0 Å². The molecule has 120 valence electrons. The lowest BCUT2D eigenvalue weighted by molar-refractivity contribution is -0.139. The zero-order chi connectivity index (χ0) is 16.9. The average Bonchev–Trinajstić information content (AvgIpc) is 2.59. The number of para-hydroxylation sites is 1. The number of carbonyl (C=O) groups is 2. The number of nitrogens with zero attached hydrogens (tertiary/aromatic N) is 2. The van der Waals surface area contributed by atoms with E-state index in [-0.39, 0.29) is 11.8 Å². The van der Waals surface area contributed by atoms with Gasteiger partial charge in [-0.3, -0.25) is 14.6 Å². The normalized spacial score (nSPS) is 10.9. The third-order valence-electron chi connectivity index (χ3n) is 3.73. The molecular formula is C18H21N3O2. The predicted octanol–water partition coefficient (Wildman–Crippen LogP) is 2.39. The SMILES string of the molecule is CN(C(=O)C(C)(C)C(=O)NCc1cccnc1)c1ccccc1. The van der Waals surface area contributed by atoms with Gasteiger partial charge in [0.25, 0.3) is 0 Å². The highest BCUT2D eigenvalue weighted by molar-refractivity contribution is 6.10. The monoisotopic (exact) mass is 311 g/mol. The number of aromatic nitrogens is 1. The van der Waals surface area contributed by atoms with E-state index in [1.54, 1.807) is 39.4 Å². The number of nitrogens with one attached hydrogen (secondary N) is 1. The first-order valence-corrected chi connectivity index (χ1v) is 7.43. The maximum atomic E-state index is 12.7. The van der Waals surface area contributed by atoms with E-state index < -0.39 is 5.41 Å². The smallest absolute Gasteiger partial charge is 0.241 e. The summed E-state index contributed by atoms with van der Waals surface area (Å²) in [6, 6.07) is 12.9. The molecule has 1 heterocycles. The average molecular weight is 311 g/mol. The van der Waals surface area contributed by atoms with Gasteiger partial charge in [0.15, 0.2) is 0 Å². The zero-order valence-electron chi connectivity index (χ0n) is 13.6. The number of carbonyl (C=O) groups excluding carboxylic acids is 2. The summed E-state index contributed by atoms with van der Waals surface area (Å²) in [5, 5.41) is 2.80. The van der Waals surface area contributed by atoms with Crippen LogP contribution in [-0.2, 0) is 16.1 Å². The van der Waals surface area contributed by atoms with Crippen molar-refractivity contribution in [3.8, 4) is 0 Å². The Kier molecular flexibility index (Phi) is 5.11. The predicted molar refractivity (Wildman–Crippen MR) is 89.7 cm³/mol. The van der Waals surface area contributed by atoms with Crippen molar-refractivity contribution in [1.82, 2.24) is 10.3 Å². The molecule has 0 aliphatic carbocycles. The zero-order valence-corrected chi connectivity index (χ0v) is 13.6. The minimum atomic E-state index is -1.16. The number of hydrogen-bond donors (Lipinski definition) is 1. The van der Waals surface area contributed by atoms with Crippen molar-refractivity contribution in [2.45, 2.75) is 20.4 Å². The van der Waals surface area contributed by atoms with E-state index in [0.29, 0.717) is 6.54 Å². The summed E-state index contributed by atoms with van der Waals surface area (Å²) < 4.78 is 0. The molecule has 1 N–H and O–H groups in total. The number of pyridine rings is 1. The number of rotatable bonds is 5. The molecule has 0 unspecified atom stereocenters. The summed E-state index contributed by atoms with van der Waals surface area (Å²) >= 11 is 0. The van der Waals surface area contributed by atoms with E-state index in [1.807, 2.05) is 36.4 Å². The van der Waals surface area contributed by atoms with Gasteiger partial charge in [0.2, 0.25) is 11.8 Å². The Hall–Kier alpha value is -2.69. The van der Waals surface area contributed by atoms with Gasteiger partial charge in [0, 0.05) is 31.7 Å². The number of anilines is 1. The lowest BCUT2D eigenvalue weighted by atomic mass is 9.90. The van der Waals surface area contributed by atoms with Crippen molar-refractivity contribution < 1.29 is 9.59 Å². The largest absolute Gasteiger partial charge is 0.351 e. The Balaban J connectivity index is 2.04. The first kappa shape index (κ1) is 16.7. The molecule has 0 atom stereocenters. The molecule has 2 amide bonds. The van der Waals surface area contributed by atoms with Crippen LogP contribution >= 0.6 is 0 Å². The fourth-order valence-corrected chi connectivity index (χ4v) is 2.19. The highest BCUT2D eigenvalue weighted by atomic mass is 16.2. The molecule has 0 saturated carbocycles. The summed E-state index contributed by atoms with van der Waals surface area (Å²) in [5.41, 5.74) is 0.485. The summed E-state index contributed by atoms with van der Waals surface area (Å²) in [5.74, 6) is -0.568. The Bertz CT molecular complexity index is 669. The van der Waals surface area contributed by atoms with Gasteiger partial charge in [-0.15, -0.1) is 0 Å². The van der Waals surface area contributed by atoms with Crippen LogP contribution in [0.15, 0.2) is 54.9 Å². The molecule has 0 aliphatic rings. The number of benzene rings is 1. The lowest BCUT2D eigenvalue weighted by Crippen LogP contribution is -2.48. The van der Waals surface area contributed by atoms with Crippen molar-refractivity contribution in [1.29, 1.82) is 0 Å². The van der Waals surface area contributed by atoms with Gasteiger partial charge in [-0.05, 0) is 37.6 Å². The van der Waals surface area contributed by atoms with Gasteiger partial charge in [-0.1, -0.05) is 24.3 Å². The van der Waals surface area contributed by atoms with Crippen molar-refractivity contribution in [2.75, 3.05) is 11.9 Å². The van der Waals surface area contributed by atoms with Crippen LogP contribution in [-0.4, -0.2) is 23.8 Å². The van der Waals surface area contributed by atoms with E-state index in [0.717, 1.165) is 11.3 Å². The molecule has 1 aromatic heterocycles. The standard InChI is InChI=1S/C18H21N3O2/c1-18(2,16(22)20-13-14-8-7-11-19-12-14)17(23)21(3)15-9-5-4-6-10-15/h4-12H,13H2,1-3H3,(H,20,22). The fourth-order valence-electron chi connectivity index (χ4n) is 2.19. The molecule has 2 rings (SSSR count). The summed E-state index contributed by atoms with van der Waals surface area (Å²) in [6.45, 7) is 3.61. The van der Waals surface area contributed by atoms with Crippen LogP contribution in [0.3, 0.4) is 0 Å². The van der Waals surface area contributed by atoms with E-state index in [2.05, 4.69) is 10.3 Å². The number of hydrogen-bond acceptors (Lipinski definition) is 3. The molecule has 0 fully saturated rings. The van der Waals surface area contributed by atoms with E-state index >= 15 is 0 Å². The first-order chi connectivity index (χ1) is 10.9. The molecule has 1 aromatic carbocycles. The molecule has 5 heteroatoms. The molecule has 0 spiro atoms. The van der Waals surface area contributed by atoms with Crippen molar-refractivity contribution in [3.05, 3.63) is 60.4 Å². The van der Waals surface area contributed by atoms with Crippen LogP contribution in [0, 0.1) is 5.41 Å². The van der Waals surface area contributed by atoms with E-state index in [1.165, 1.54) is 4.90 Å². The molecule has 0 bridgehead atoms. The Labute approximate surface area is 136 Å². The highest BCUT2D eigenvalue weighted by Crippen LogP contribution is 2.23. The van der Waals surface area contributed by atoms with Crippen molar-refractivity contribution in [2.24, 2.45) is 5.41 Å². The Morgan fingerprint density at radius 2 is 1.83 bits per heavy atom. The van der Waals surface area contributed by atoms with Crippen LogP contribution < -0.4 is 10.2 Å². The van der Waals surface area contributed by atoms with Crippen LogP contribution in [0.25, 0.3) is 0 Å². The molecule has 0 aliphatic heterocycles. The second-order valence-electron chi connectivity index (χ2n) is 5.87. The molecule has 5 nitrogen and oxygen atoms in total. The van der Waals surface area contributed by atoms with E-state index in [9.17, 15) is 9.59 Å². The van der Waals surface area contributed by atoms with Gasteiger partial charge < -0.3 is 10.2 Å². The summed E-state index contributed by atoms with van der Waals surface area (Å²) in [4.78, 5) is 30.6. The van der Waals surface area contributed by atoms with Gasteiger partial charge in [-0.2, -0.15) is 0 Å². The fraction of sp³-hybridized carbons (Fsp3) is 0.278. The minimum absolute atomic E-state index is 0.257. The Morgan fingerprint density at radius 1 is 1.13 bits per heavy atom. The second-order valence-corrected chi connectivity index (χ2v) is 5.87. The van der Waals surface area contributed by atoms with Gasteiger partial charge in [0.05, 0.1) is 0 Å². The van der Waals surface area contributed by atoms with Gasteiger partial charge in [-0.25, -0.2) is 0 Å². The lowest BCUT2D eigenvalue weighted by Gasteiger charge is -2.28. The molecule has 23 heavy (non-hydrogen) atoms. The Morgan fingerprint density at radius 3 is 2.43 bits per heavy atom. The van der Waals surface area contributed by atoms with Crippen LogP contribution in [0.5, 0.6) is 0 Å². The maximum absolute atomic E-state index is 12.7. The van der Waals surface area contributed by atoms with E-state index in [4.69, 9.17) is 0 Å². The maximum Gasteiger partial charge on any atom is 0.241 e. The molecular weight excluding hydrogens is 290 g/mol. The highest BCUT2D eigenvalue weighted by Gasteiger charge is 2.38.